The van der Waals surface area contributed by atoms with Crippen molar-refractivity contribution in [3.8, 4) is 5.75 Å². The average Bonchev–Trinajstić information content (AvgIpc) is 3.42. The number of ether oxygens (including phenoxy) is 1. The lowest BCUT2D eigenvalue weighted by Gasteiger charge is -2.35. The molecule has 1 spiro atoms. The van der Waals surface area contributed by atoms with E-state index in [4.69, 9.17) is 4.74 Å². The van der Waals surface area contributed by atoms with E-state index >= 15 is 0 Å². The Morgan fingerprint density at radius 2 is 1.59 bits per heavy atom. The van der Waals surface area contributed by atoms with Gasteiger partial charge in [0.2, 0.25) is 11.8 Å². The van der Waals surface area contributed by atoms with E-state index in [1.54, 1.807) is 23.0 Å². The van der Waals surface area contributed by atoms with Crippen LogP contribution in [0.15, 0.2) is 103 Å². The van der Waals surface area contributed by atoms with Gasteiger partial charge in [-0.05, 0) is 41.3 Å². The zero-order valence-electron chi connectivity index (χ0n) is 22.6. The van der Waals surface area contributed by atoms with E-state index in [1.807, 2.05) is 84.9 Å². The van der Waals surface area contributed by atoms with Crippen molar-refractivity contribution in [3.63, 3.8) is 0 Å². The number of methoxy groups -OCH3 is 1. The number of anilines is 1. The fourth-order valence-corrected chi connectivity index (χ4v) is 6.29. The third kappa shape index (κ3) is 4.51. The van der Waals surface area contributed by atoms with E-state index in [0.29, 0.717) is 30.8 Å². The Bertz CT molecular complexity index is 1610. The molecule has 1 saturated heterocycles. The highest BCUT2D eigenvalue weighted by atomic mass is 16.6. The van der Waals surface area contributed by atoms with E-state index in [-0.39, 0.29) is 23.9 Å². The molecule has 4 aromatic rings. The normalized spacial score (nSPS) is 19.6. The van der Waals surface area contributed by atoms with Crippen LogP contribution in [0, 0.1) is 10.1 Å². The number of nitro benzene ring substituents is 1. The average molecular weight is 548 g/mol. The second-order valence-electron chi connectivity index (χ2n) is 10.5. The lowest BCUT2D eigenvalue weighted by Crippen LogP contribution is -2.45. The van der Waals surface area contributed by atoms with Crippen LogP contribution in [0.25, 0.3) is 0 Å². The minimum Gasteiger partial charge on any atom is -0.497 e. The molecule has 2 aliphatic rings. The monoisotopic (exact) mass is 547 g/mol. The van der Waals surface area contributed by atoms with Gasteiger partial charge in [-0.1, -0.05) is 72.8 Å². The van der Waals surface area contributed by atoms with Gasteiger partial charge in [0.25, 0.3) is 5.69 Å². The van der Waals surface area contributed by atoms with Crippen LogP contribution in [0.4, 0.5) is 11.4 Å². The summed E-state index contributed by atoms with van der Waals surface area (Å²) in [7, 11) is 1.61. The lowest BCUT2D eigenvalue weighted by atomic mass is 9.72. The van der Waals surface area contributed by atoms with Crippen LogP contribution in [0.1, 0.15) is 34.7 Å². The molecule has 8 nitrogen and oxygen atoms in total. The number of benzene rings is 4. The largest absolute Gasteiger partial charge is 0.497 e. The summed E-state index contributed by atoms with van der Waals surface area (Å²) in [6.07, 6.45) is 0.505. The SMILES string of the molecule is COc1ccc(CCN2C(=O)[C@@]3(CC(=O)N(Cc4ccccc4)[C@H]3c3ccccc3)c3cc([N+](=O)[O-])ccc32)cc1. The molecule has 0 saturated carbocycles. The summed E-state index contributed by atoms with van der Waals surface area (Å²) in [6.45, 7) is 0.691. The van der Waals surface area contributed by atoms with Crippen LogP contribution in [-0.4, -0.2) is 35.3 Å². The first-order valence-electron chi connectivity index (χ1n) is 13.5. The number of hydrogen-bond donors (Lipinski definition) is 0. The van der Waals surface area contributed by atoms with E-state index in [9.17, 15) is 19.7 Å². The molecule has 4 aromatic carbocycles. The van der Waals surface area contributed by atoms with Gasteiger partial charge < -0.3 is 14.5 Å². The fourth-order valence-electron chi connectivity index (χ4n) is 6.29. The fraction of sp³-hybridized carbons (Fsp3) is 0.212. The number of non-ortho nitro benzene ring substituents is 1. The number of carbonyl (C=O) groups excluding carboxylic acids is 2. The van der Waals surface area contributed by atoms with Gasteiger partial charge in [-0.2, -0.15) is 0 Å². The summed E-state index contributed by atoms with van der Waals surface area (Å²) >= 11 is 0. The summed E-state index contributed by atoms with van der Waals surface area (Å²) in [5.41, 5.74) is 2.53. The van der Waals surface area contributed by atoms with Crippen molar-refractivity contribution in [1.82, 2.24) is 4.90 Å². The second kappa shape index (κ2) is 10.5. The Morgan fingerprint density at radius 1 is 0.902 bits per heavy atom. The zero-order valence-corrected chi connectivity index (χ0v) is 22.6. The second-order valence-corrected chi connectivity index (χ2v) is 10.5. The van der Waals surface area contributed by atoms with E-state index in [1.165, 1.54) is 12.1 Å². The molecule has 0 bridgehead atoms. The molecule has 0 unspecified atom stereocenters. The van der Waals surface area contributed by atoms with Crippen molar-refractivity contribution in [3.05, 3.63) is 135 Å². The van der Waals surface area contributed by atoms with Crippen LogP contribution >= 0.6 is 0 Å². The Hall–Kier alpha value is -4.98. The third-order valence-corrected chi connectivity index (χ3v) is 8.21. The van der Waals surface area contributed by atoms with Crippen LogP contribution in [0.3, 0.4) is 0 Å². The molecule has 8 heteroatoms. The van der Waals surface area contributed by atoms with Crippen LogP contribution < -0.4 is 9.64 Å². The molecular formula is C33H29N3O5. The lowest BCUT2D eigenvalue weighted by molar-refractivity contribution is -0.384. The molecule has 1 fully saturated rings. The smallest absolute Gasteiger partial charge is 0.269 e. The van der Waals surface area contributed by atoms with E-state index in [0.717, 1.165) is 22.4 Å². The molecular weight excluding hydrogens is 518 g/mol. The Morgan fingerprint density at radius 3 is 2.24 bits per heavy atom. The van der Waals surface area contributed by atoms with Crippen molar-refractivity contribution in [2.45, 2.75) is 30.8 Å². The van der Waals surface area contributed by atoms with Crippen LogP contribution in [0.2, 0.25) is 0 Å². The third-order valence-electron chi connectivity index (χ3n) is 8.21. The summed E-state index contributed by atoms with van der Waals surface area (Å²) < 4.78 is 5.26. The molecule has 0 aromatic heterocycles. The predicted octanol–water partition coefficient (Wildman–Crippen LogP) is 5.60. The highest BCUT2D eigenvalue weighted by Crippen LogP contribution is 2.58. The van der Waals surface area contributed by atoms with E-state index in [2.05, 4.69) is 0 Å². The van der Waals surface area contributed by atoms with Gasteiger partial charge in [-0.3, -0.25) is 19.7 Å². The maximum Gasteiger partial charge on any atom is 0.269 e. The van der Waals surface area contributed by atoms with E-state index < -0.39 is 16.4 Å². The van der Waals surface area contributed by atoms with Gasteiger partial charge in [0.1, 0.15) is 11.2 Å². The Labute approximate surface area is 237 Å². The highest BCUT2D eigenvalue weighted by molar-refractivity contribution is 6.12. The van der Waals surface area contributed by atoms with Crippen molar-refractivity contribution >= 4 is 23.2 Å². The van der Waals surface area contributed by atoms with Gasteiger partial charge in [0.15, 0.2) is 0 Å². The number of hydrogen-bond acceptors (Lipinski definition) is 5. The summed E-state index contributed by atoms with van der Waals surface area (Å²) in [6, 6.07) is 30.8. The van der Waals surface area contributed by atoms with Gasteiger partial charge in [0, 0.05) is 42.9 Å². The molecule has 2 atom stereocenters. The predicted molar refractivity (Wildman–Crippen MR) is 155 cm³/mol. The van der Waals surface area contributed by atoms with Gasteiger partial charge in [-0.25, -0.2) is 0 Å². The first-order chi connectivity index (χ1) is 19.9. The highest BCUT2D eigenvalue weighted by Gasteiger charge is 2.63. The quantitative estimate of drug-likeness (QED) is 0.211. The minimum atomic E-state index is -1.30. The molecule has 0 N–H and O–H groups in total. The molecule has 2 aliphatic heterocycles. The number of rotatable bonds is 8. The zero-order chi connectivity index (χ0) is 28.6. The molecule has 41 heavy (non-hydrogen) atoms. The number of fused-ring (bicyclic) bond motifs is 2. The molecule has 0 radical (unpaired) electrons. The maximum atomic E-state index is 14.7. The van der Waals surface area contributed by atoms with Gasteiger partial charge >= 0.3 is 0 Å². The molecule has 2 amide bonds. The maximum absolute atomic E-state index is 14.7. The van der Waals surface area contributed by atoms with Crippen molar-refractivity contribution in [2.75, 3.05) is 18.6 Å². The summed E-state index contributed by atoms with van der Waals surface area (Å²) in [5, 5.41) is 11.9. The van der Waals surface area contributed by atoms with Gasteiger partial charge in [0.05, 0.1) is 18.1 Å². The van der Waals surface area contributed by atoms with Gasteiger partial charge in [-0.15, -0.1) is 0 Å². The Balaban J connectivity index is 1.46. The standard InChI is InChI=1S/C33H29N3O5/c1-41-27-15-12-23(13-16-27)18-19-34-29-17-14-26(36(39)40)20-28(29)33(32(34)38)21-30(37)35(22-24-8-4-2-5-9-24)31(33)25-10-6-3-7-11-25/h2-17,20,31H,18-19,21-22H2,1H3/t31-,33-/m0/s1. The number of likely N-dealkylation sites (tertiary alicyclic amines) is 1. The molecule has 6 rings (SSSR count). The first kappa shape index (κ1) is 26.3. The minimum absolute atomic E-state index is 0.0641. The molecule has 206 valence electrons. The Kier molecular flexibility index (Phi) is 6.75. The number of nitro groups is 1. The summed E-state index contributed by atoms with van der Waals surface area (Å²) in [4.78, 5) is 43.4. The van der Waals surface area contributed by atoms with Crippen molar-refractivity contribution in [2.24, 2.45) is 0 Å². The topological polar surface area (TPSA) is 93.0 Å². The summed E-state index contributed by atoms with van der Waals surface area (Å²) in [5.74, 6) is 0.376. The van der Waals surface area contributed by atoms with Crippen LogP contribution in [0.5, 0.6) is 5.75 Å². The number of amides is 2. The number of nitrogens with zero attached hydrogens (tertiary/aromatic N) is 3. The van der Waals surface area contributed by atoms with Crippen molar-refractivity contribution in [1.29, 1.82) is 0 Å². The van der Waals surface area contributed by atoms with Crippen molar-refractivity contribution < 1.29 is 19.2 Å². The van der Waals surface area contributed by atoms with Crippen LogP contribution in [-0.2, 0) is 28.0 Å². The number of carbonyl (C=O) groups is 2. The first-order valence-corrected chi connectivity index (χ1v) is 13.5. The molecule has 2 heterocycles. The molecule has 0 aliphatic carbocycles.